The van der Waals surface area contributed by atoms with Crippen molar-refractivity contribution in [3.05, 3.63) is 83.0 Å². The smallest absolute Gasteiger partial charge is 0.335 e. The SMILES string of the molecule is CCN1C(=O)/C(=C/c2cccn2-c2ccc(C(=O)O)cc2)SC1=Nc1ccc(N2CCOCC2)cc1. The van der Waals surface area contributed by atoms with Gasteiger partial charge in [0.15, 0.2) is 5.17 Å². The van der Waals surface area contributed by atoms with Gasteiger partial charge in [0.05, 0.1) is 29.4 Å². The van der Waals surface area contributed by atoms with E-state index in [-0.39, 0.29) is 11.5 Å². The molecule has 36 heavy (non-hydrogen) atoms. The highest BCUT2D eigenvalue weighted by Crippen LogP contribution is 2.34. The molecule has 3 heterocycles. The lowest BCUT2D eigenvalue weighted by atomic mass is 10.2. The van der Waals surface area contributed by atoms with E-state index in [1.54, 1.807) is 29.2 Å². The number of hydrogen-bond donors (Lipinski definition) is 1. The third-order valence-electron chi connectivity index (χ3n) is 6.11. The molecule has 2 saturated heterocycles. The molecule has 0 bridgehead atoms. The molecule has 2 aromatic carbocycles. The van der Waals surface area contributed by atoms with Crippen LogP contribution in [0.15, 0.2) is 76.8 Å². The van der Waals surface area contributed by atoms with Crippen LogP contribution in [-0.2, 0) is 9.53 Å². The molecule has 0 radical (unpaired) electrons. The Balaban J connectivity index is 1.38. The van der Waals surface area contributed by atoms with Gasteiger partial charge in [-0.2, -0.15) is 0 Å². The number of hydrogen-bond acceptors (Lipinski definition) is 6. The number of amides is 1. The molecule has 0 atom stereocenters. The van der Waals surface area contributed by atoms with Crippen molar-refractivity contribution in [3.8, 4) is 5.69 Å². The second kappa shape index (κ2) is 10.4. The Kier molecular flexibility index (Phi) is 6.92. The van der Waals surface area contributed by atoms with Crippen LogP contribution in [0, 0.1) is 0 Å². The predicted molar refractivity (Wildman–Crippen MR) is 142 cm³/mol. The summed E-state index contributed by atoms with van der Waals surface area (Å²) < 4.78 is 7.35. The van der Waals surface area contributed by atoms with Gasteiger partial charge in [0, 0.05) is 42.9 Å². The zero-order valence-corrected chi connectivity index (χ0v) is 20.6. The number of likely N-dealkylation sites (N-methyl/N-ethyl adjacent to an activating group) is 1. The summed E-state index contributed by atoms with van der Waals surface area (Å²) in [6.45, 7) is 5.68. The maximum absolute atomic E-state index is 13.2. The van der Waals surface area contributed by atoms with Gasteiger partial charge < -0.3 is 19.3 Å². The van der Waals surface area contributed by atoms with Crippen molar-refractivity contribution in [2.24, 2.45) is 4.99 Å². The number of morpholine rings is 1. The zero-order valence-electron chi connectivity index (χ0n) is 19.8. The van der Waals surface area contributed by atoms with Crippen LogP contribution < -0.4 is 4.90 Å². The molecular weight excluding hydrogens is 476 g/mol. The van der Waals surface area contributed by atoms with Gasteiger partial charge in [0.2, 0.25) is 0 Å². The Morgan fingerprint density at radius 3 is 2.42 bits per heavy atom. The highest BCUT2D eigenvalue weighted by molar-refractivity contribution is 8.18. The first-order valence-corrected chi connectivity index (χ1v) is 12.6. The van der Waals surface area contributed by atoms with Gasteiger partial charge in [-0.05, 0) is 85.4 Å². The number of carbonyl (C=O) groups is 2. The highest BCUT2D eigenvalue weighted by atomic mass is 32.2. The summed E-state index contributed by atoms with van der Waals surface area (Å²) in [7, 11) is 0. The maximum atomic E-state index is 13.2. The van der Waals surface area contributed by atoms with E-state index in [1.165, 1.54) is 11.8 Å². The van der Waals surface area contributed by atoms with E-state index in [0.29, 0.717) is 16.6 Å². The van der Waals surface area contributed by atoms with Crippen molar-refractivity contribution in [2.75, 3.05) is 37.7 Å². The van der Waals surface area contributed by atoms with E-state index in [1.807, 2.05) is 48.0 Å². The number of amidine groups is 1. The summed E-state index contributed by atoms with van der Waals surface area (Å²) in [5, 5.41) is 9.80. The topological polar surface area (TPSA) is 87.4 Å². The minimum Gasteiger partial charge on any atom is -0.478 e. The maximum Gasteiger partial charge on any atom is 0.335 e. The fourth-order valence-electron chi connectivity index (χ4n) is 4.19. The Hall–Kier alpha value is -3.82. The van der Waals surface area contributed by atoms with Crippen LogP contribution in [0.25, 0.3) is 11.8 Å². The van der Waals surface area contributed by atoms with E-state index in [0.717, 1.165) is 49.1 Å². The fraction of sp³-hybridized carbons (Fsp3) is 0.222. The van der Waals surface area contributed by atoms with Crippen LogP contribution >= 0.6 is 11.8 Å². The number of aliphatic imine (C=N–C) groups is 1. The summed E-state index contributed by atoms with van der Waals surface area (Å²) in [6, 6.07) is 18.5. The van der Waals surface area contributed by atoms with Crippen molar-refractivity contribution in [3.63, 3.8) is 0 Å². The molecule has 8 nitrogen and oxygen atoms in total. The number of carboxylic acid groups (broad SMARTS) is 1. The second-order valence-corrected chi connectivity index (χ2v) is 9.33. The van der Waals surface area contributed by atoms with Crippen LogP contribution in [0.3, 0.4) is 0 Å². The number of rotatable bonds is 6. The highest BCUT2D eigenvalue weighted by Gasteiger charge is 2.32. The summed E-state index contributed by atoms with van der Waals surface area (Å²) in [4.78, 5) is 33.6. The lowest BCUT2D eigenvalue weighted by molar-refractivity contribution is -0.122. The first kappa shape index (κ1) is 23.9. The van der Waals surface area contributed by atoms with Crippen LogP contribution in [0.1, 0.15) is 23.0 Å². The summed E-state index contributed by atoms with van der Waals surface area (Å²) in [6.07, 6.45) is 3.74. The minimum absolute atomic E-state index is 0.0832. The summed E-state index contributed by atoms with van der Waals surface area (Å²) in [5.74, 6) is -1.05. The molecule has 1 N–H and O–H groups in total. The summed E-state index contributed by atoms with van der Waals surface area (Å²) in [5.41, 5.74) is 3.80. The average molecular weight is 503 g/mol. The molecular formula is C27H26N4O4S. The number of nitrogens with zero attached hydrogens (tertiary/aromatic N) is 4. The molecule has 2 aliphatic rings. The molecule has 1 amide bonds. The number of carbonyl (C=O) groups excluding carboxylic acids is 1. The van der Waals surface area contributed by atoms with Gasteiger partial charge in [0.25, 0.3) is 5.91 Å². The Bertz CT molecular complexity index is 1320. The third kappa shape index (κ3) is 4.93. The predicted octanol–water partition coefficient (Wildman–Crippen LogP) is 4.64. The molecule has 5 rings (SSSR count). The summed E-state index contributed by atoms with van der Waals surface area (Å²) >= 11 is 1.36. The van der Waals surface area contributed by atoms with Crippen LogP contribution in [0.4, 0.5) is 11.4 Å². The van der Waals surface area contributed by atoms with Crippen molar-refractivity contribution in [1.82, 2.24) is 9.47 Å². The number of aromatic nitrogens is 1. The molecule has 0 saturated carbocycles. The number of aromatic carboxylic acids is 1. The van der Waals surface area contributed by atoms with Gasteiger partial charge in [-0.1, -0.05) is 0 Å². The normalized spacial score (nSPS) is 18.4. The van der Waals surface area contributed by atoms with Gasteiger partial charge in [-0.25, -0.2) is 9.79 Å². The Labute approximate surface area is 213 Å². The van der Waals surface area contributed by atoms with Gasteiger partial charge in [-0.3, -0.25) is 9.69 Å². The fourth-order valence-corrected chi connectivity index (χ4v) is 5.23. The standard InChI is InChI=1S/C27H26N4O4S/c1-2-30-25(32)24(18-23-4-3-13-31(23)22-9-5-19(6-10-22)26(33)34)36-27(30)28-20-7-11-21(12-8-20)29-14-16-35-17-15-29/h3-13,18H,2,14-17H2,1H3,(H,33,34)/b24-18-,28-27?. The Morgan fingerprint density at radius 2 is 1.75 bits per heavy atom. The quantitative estimate of drug-likeness (QED) is 0.495. The van der Waals surface area contributed by atoms with E-state index in [2.05, 4.69) is 17.0 Å². The van der Waals surface area contributed by atoms with Crippen molar-refractivity contribution < 1.29 is 19.4 Å². The van der Waals surface area contributed by atoms with Crippen molar-refractivity contribution in [1.29, 1.82) is 0 Å². The van der Waals surface area contributed by atoms with Crippen LogP contribution in [-0.4, -0.2) is 64.5 Å². The molecule has 0 aliphatic carbocycles. The first-order chi connectivity index (χ1) is 17.5. The van der Waals surface area contributed by atoms with Crippen molar-refractivity contribution >= 4 is 46.3 Å². The minimum atomic E-state index is -0.966. The van der Waals surface area contributed by atoms with E-state index >= 15 is 0 Å². The number of ether oxygens (including phenoxy) is 1. The van der Waals surface area contributed by atoms with E-state index in [9.17, 15) is 9.59 Å². The first-order valence-electron chi connectivity index (χ1n) is 11.8. The van der Waals surface area contributed by atoms with Gasteiger partial charge in [-0.15, -0.1) is 0 Å². The van der Waals surface area contributed by atoms with Crippen LogP contribution in [0.2, 0.25) is 0 Å². The van der Waals surface area contributed by atoms with Gasteiger partial charge >= 0.3 is 5.97 Å². The number of benzene rings is 2. The molecule has 184 valence electrons. The zero-order chi connectivity index (χ0) is 25.1. The molecule has 9 heteroatoms. The Morgan fingerprint density at radius 1 is 1.06 bits per heavy atom. The molecule has 3 aromatic rings. The van der Waals surface area contributed by atoms with E-state index < -0.39 is 5.97 Å². The number of thioether (sulfide) groups is 1. The molecule has 0 spiro atoms. The number of anilines is 1. The number of carboxylic acids is 1. The monoisotopic (exact) mass is 502 g/mol. The lowest BCUT2D eigenvalue weighted by Crippen LogP contribution is -2.36. The molecule has 2 fully saturated rings. The largest absolute Gasteiger partial charge is 0.478 e. The van der Waals surface area contributed by atoms with Crippen LogP contribution in [0.5, 0.6) is 0 Å². The van der Waals surface area contributed by atoms with Gasteiger partial charge in [0.1, 0.15) is 0 Å². The van der Waals surface area contributed by atoms with E-state index in [4.69, 9.17) is 14.8 Å². The molecule has 1 aromatic heterocycles. The molecule has 2 aliphatic heterocycles. The average Bonchev–Trinajstić information content (AvgIpc) is 3.49. The van der Waals surface area contributed by atoms with Crippen molar-refractivity contribution in [2.45, 2.75) is 6.92 Å². The second-order valence-electron chi connectivity index (χ2n) is 8.33. The third-order valence-corrected chi connectivity index (χ3v) is 7.11. The lowest BCUT2D eigenvalue weighted by Gasteiger charge is -2.28. The molecule has 0 unspecified atom stereocenters.